The Hall–Kier alpha value is -0.800. The quantitative estimate of drug-likeness (QED) is 0.152. The van der Waals surface area contributed by atoms with E-state index in [1.165, 1.54) is 0 Å². The van der Waals surface area contributed by atoms with E-state index in [4.69, 9.17) is 25.1 Å². The van der Waals surface area contributed by atoms with Crippen LogP contribution in [-0.2, 0) is 19.0 Å². The Morgan fingerprint density at radius 2 is 1.82 bits per heavy atom. The molecule has 14 heteroatoms. The third-order valence-corrected chi connectivity index (χ3v) is 4.16. The Morgan fingerprint density at radius 3 is 2.36 bits per heavy atom. The van der Waals surface area contributed by atoms with Crippen molar-refractivity contribution in [3.63, 3.8) is 0 Å². The first kappa shape index (κ1) is 25.2. The molecular formula is C14H16N2Na2O10. The van der Waals surface area contributed by atoms with Gasteiger partial charge in [0.1, 0.15) is 18.8 Å². The van der Waals surface area contributed by atoms with E-state index < -0.39 is 47.4 Å². The molecular weight excluding hydrogens is 402 g/mol. The van der Waals surface area contributed by atoms with Crippen molar-refractivity contribution in [1.29, 1.82) is 0 Å². The summed E-state index contributed by atoms with van der Waals surface area (Å²) in [6.45, 7) is -0.944. The van der Waals surface area contributed by atoms with Gasteiger partial charge < -0.3 is 24.4 Å². The van der Waals surface area contributed by atoms with E-state index in [-0.39, 0.29) is 76.8 Å². The first-order chi connectivity index (χ1) is 12.2. The SMILES string of the molecule is N[C@]12OC[C@@H](O)[C@H]1OC[C@@]2(OC(=O)c1ccc(C(=O)O)cc1)O[N+](=O)[O-].[NaH].[NaH]. The summed E-state index contributed by atoms with van der Waals surface area (Å²) < 4.78 is 15.5. The summed E-state index contributed by atoms with van der Waals surface area (Å²) in [6, 6.07) is 4.63. The number of nitrogens with two attached hydrogens (primary N) is 1. The maximum atomic E-state index is 12.4. The number of carbonyl (C=O) groups is 2. The molecule has 12 nitrogen and oxygen atoms in total. The van der Waals surface area contributed by atoms with E-state index in [1.54, 1.807) is 0 Å². The Bertz CT molecular complexity index is 763. The van der Waals surface area contributed by atoms with Crippen LogP contribution in [0.2, 0.25) is 0 Å². The van der Waals surface area contributed by atoms with Gasteiger partial charge in [-0.25, -0.2) is 9.59 Å². The van der Waals surface area contributed by atoms with Crippen LogP contribution >= 0.6 is 0 Å². The molecule has 0 saturated carbocycles. The van der Waals surface area contributed by atoms with Crippen LogP contribution in [0.3, 0.4) is 0 Å². The molecule has 4 atom stereocenters. The van der Waals surface area contributed by atoms with Crippen molar-refractivity contribution in [2.75, 3.05) is 13.2 Å². The summed E-state index contributed by atoms with van der Waals surface area (Å²) in [4.78, 5) is 38.7. The summed E-state index contributed by atoms with van der Waals surface area (Å²) in [6.07, 6.45) is -2.39. The Balaban J connectivity index is 0.00000196. The topological polar surface area (TPSA) is 181 Å². The third-order valence-electron chi connectivity index (χ3n) is 4.16. The van der Waals surface area contributed by atoms with Gasteiger partial charge in [-0.1, -0.05) is 0 Å². The zero-order valence-corrected chi connectivity index (χ0v) is 13.1. The first-order valence-electron chi connectivity index (χ1n) is 7.31. The van der Waals surface area contributed by atoms with Gasteiger partial charge in [-0.2, -0.15) is 0 Å². The van der Waals surface area contributed by atoms with E-state index in [9.17, 15) is 24.8 Å². The first-order valence-corrected chi connectivity index (χ1v) is 7.31. The molecule has 2 aliphatic rings. The molecule has 28 heavy (non-hydrogen) atoms. The van der Waals surface area contributed by atoms with E-state index in [1.807, 2.05) is 0 Å². The number of ether oxygens (including phenoxy) is 3. The van der Waals surface area contributed by atoms with Gasteiger partial charge in [0.15, 0.2) is 0 Å². The summed E-state index contributed by atoms with van der Waals surface area (Å²) in [7, 11) is 0. The van der Waals surface area contributed by atoms with Gasteiger partial charge in [0.2, 0.25) is 5.72 Å². The van der Waals surface area contributed by atoms with Crippen LogP contribution in [0.25, 0.3) is 0 Å². The average Bonchev–Trinajstić information content (AvgIpc) is 3.02. The number of aliphatic hydroxyl groups is 1. The molecule has 3 rings (SSSR count). The van der Waals surface area contributed by atoms with E-state index >= 15 is 0 Å². The molecule has 0 aromatic heterocycles. The van der Waals surface area contributed by atoms with Crippen LogP contribution in [0, 0.1) is 10.1 Å². The van der Waals surface area contributed by atoms with Crippen molar-refractivity contribution < 1.29 is 43.9 Å². The fraction of sp³-hybridized carbons (Fsp3) is 0.429. The number of rotatable bonds is 5. The number of carbonyl (C=O) groups excluding carboxylic acids is 1. The monoisotopic (exact) mass is 418 g/mol. The average molecular weight is 418 g/mol. The van der Waals surface area contributed by atoms with Crippen LogP contribution < -0.4 is 5.73 Å². The molecule has 4 N–H and O–H groups in total. The number of carboxylic acid groups (broad SMARTS) is 1. The predicted molar refractivity (Wildman–Crippen MR) is 92.5 cm³/mol. The second-order valence-corrected chi connectivity index (χ2v) is 5.74. The number of hydrogen-bond acceptors (Lipinski definition) is 10. The zero-order valence-electron chi connectivity index (χ0n) is 13.1. The van der Waals surface area contributed by atoms with Gasteiger partial charge in [-0.15, -0.1) is 10.1 Å². The number of esters is 1. The molecule has 144 valence electrons. The van der Waals surface area contributed by atoms with Crippen molar-refractivity contribution in [3.05, 3.63) is 45.5 Å². The summed E-state index contributed by atoms with van der Waals surface area (Å²) in [5, 5.41) is 28.4. The normalized spacial score (nSPS) is 30.4. The molecule has 2 aliphatic heterocycles. The molecule has 1 aromatic carbocycles. The minimum atomic E-state index is -2.44. The number of aliphatic hydroxyl groups excluding tert-OH is 1. The molecule has 0 spiro atoms. The van der Waals surface area contributed by atoms with E-state index in [0.717, 1.165) is 24.3 Å². The van der Waals surface area contributed by atoms with Crippen molar-refractivity contribution >= 4 is 71.1 Å². The molecule has 0 aliphatic carbocycles. The van der Waals surface area contributed by atoms with Gasteiger partial charge in [-0.05, 0) is 24.3 Å². The van der Waals surface area contributed by atoms with Crippen molar-refractivity contribution in [3.8, 4) is 0 Å². The number of fused-ring (bicyclic) bond motifs is 1. The number of carboxylic acids is 1. The Labute approximate surface area is 201 Å². The molecule has 1 aromatic rings. The molecule has 0 amide bonds. The fourth-order valence-corrected chi connectivity index (χ4v) is 2.86. The van der Waals surface area contributed by atoms with Crippen molar-refractivity contribution in [2.24, 2.45) is 5.73 Å². The fourth-order valence-electron chi connectivity index (χ4n) is 2.86. The Kier molecular flexibility index (Phi) is 8.42. The van der Waals surface area contributed by atoms with Crippen LogP contribution in [-0.4, -0.2) is 123 Å². The minimum absolute atomic E-state index is 0. The van der Waals surface area contributed by atoms with Gasteiger partial charge >= 0.3 is 76.8 Å². The van der Waals surface area contributed by atoms with Crippen molar-refractivity contribution in [1.82, 2.24) is 0 Å². The summed E-state index contributed by atoms with van der Waals surface area (Å²) in [5.41, 5.74) is 3.71. The maximum absolute atomic E-state index is 12.4. The molecule has 0 radical (unpaired) electrons. The van der Waals surface area contributed by atoms with Gasteiger partial charge in [0.25, 0.3) is 5.09 Å². The number of nitrogens with zero attached hydrogens (tertiary/aromatic N) is 1. The van der Waals surface area contributed by atoms with Crippen LogP contribution in [0.1, 0.15) is 20.7 Å². The van der Waals surface area contributed by atoms with Gasteiger partial charge in [0, 0.05) is 0 Å². The summed E-state index contributed by atoms with van der Waals surface area (Å²) >= 11 is 0. The van der Waals surface area contributed by atoms with Crippen LogP contribution in [0.15, 0.2) is 24.3 Å². The number of aromatic carboxylic acids is 1. The molecule has 2 fully saturated rings. The predicted octanol–water partition coefficient (Wildman–Crippen LogP) is -2.41. The summed E-state index contributed by atoms with van der Waals surface area (Å²) in [5.74, 6) is -4.72. The molecule has 0 bridgehead atoms. The van der Waals surface area contributed by atoms with Crippen LogP contribution in [0.5, 0.6) is 0 Å². The van der Waals surface area contributed by atoms with Crippen molar-refractivity contribution in [2.45, 2.75) is 23.7 Å². The second kappa shape index (κ2) is 9.34. The number of hydrogen-bond donors (Lipinski definition) is 3. The molecule has 0 unspecified atom stereocenters. The van der Waals surface area contributed by atoms with Crippen LogP contribution in [0.4, 0.5) is 0 Å². The standard InChI is InChI=1S/C14H14N2O10.2Na.2H/c15-14-10(9(17)5-24-14)23-6-13(14,26-16(21)22)25-12(20)8-3-1-7(2-4-8)11(18)19;;;;/h1-4,9-10,17H,5-6,15H2,(H,18,19);;;;/t9-,10-,13-,14+;;;;/m1..../s1. The molecule has 2 saturated heterocycles. The van der Waals surface area contributed by atoms with Gasteiger partial charge in [0.05, 0.1) is 17.7 Å². The zero-order chi connectivity index (χ0) is 19.1. The van der Waals surface area contributed by atoms with E-state index in [2.05, 4.69) is 4.84 Å². The molecule has 2 heterocycles. The second-order valence-electron chi connectivity index (χ2n) is 5.74. The number of benzene rings is 1. The van der Waals surface area contributed by atoms with E-state index in [0.29, 0.717) is 0 Å². The Morgan fingerprint density at radius 1 is 1.25 bits per heavy atom. The van der Waals surface area contributed by atoms with Gasteiger partial charge in [-0.3, -0.25) is 10.6 Å². The third kappa shape index (κ3) is 4.36.